The van der Waals surface area contributed by atoms with E-state index in [0.29, 0.717) is 38.0 Å². The number of benzene rings is 1. The number of ether oxygens (including phenoxy) is 2. The third kappa shape index (κ3) is 5.47. The predicted molar refractivity (Wildman–Crippen MR) is 89.6 cm³/mol. The van der Waals surface area contributed by atoms with Crippen LogP contribution in [0.2, 0.25) is 0 Å². The maximum Gasteiger partial charge on any atom is 0.243 e. The smallest absolute Gasteiger partial charge is 0.243 e. The molecule has 0 aromatic heterocycles. The quantitative estimate of drug-likeness (QED) is 0.610. The van der Waals surface area contributed by atoms with Crippen LogP contribution >= 0.6 is 0 Å². The Labute approximate surface area is 140 Å². The largest absolute Gasteiger partial charge is 0.382 e. The molecule has 1 aliphatic rings. The van der Waals surface area contributed by atoms with Gasteiger partial charge in [-0.2, -0.15) is 0 Å². The van der Waals surface area contributed by atoms with Gasteiger partial charge in [0.2, 0.25) is 5.91 Å². The number of hydrogen-bond donors (Lipinski definition) is 2. The number of hydrogen-bond acceptors (Lipinski definition) is 4. The molecule has 1 aromatic carbocycles. The molecule has 1 aliphatic heterocycles. The Kier molecular flexibility index (Phi) is 6.95. The van der Waals surface area contributed by atoms with Crippen LogP contribution in [0.15, 0.2) is 29.3 Å². The molecule has 1 unspecified atom stereocenters. The zero-order valence-corrected chi connectivity index (χ0v) is 13.9. The van der Waals surface area contributed by atoms with E-state index in [1.54, 1.807) is 26.3 Å². The second-order valence-electron chi connectivity index (χ2n) is 5.35. The van der Waals surface area contributed by atoms with Gasteiger partial charge in [-0.05, 0) is 18.2 Å². The van der Waals surface area contributed by atoms with Gasteiger partial charge in [0.05, 0.1) is 25.9 Å². The van der Waals surface area contributed by atoms with Crippen LogP contribution in [0, 0.1) is 5.82 Å². The average molecular weight is 338 g/mol. The molecule has 7 nitrogen and oxygen atoms in total. The third-order valence-electron chi connectivity index (χ3n) is 3.52. The summed E-state index contributed by atoms with van der Waals surface area (Å²) in [6.45, 7) is 2.44. The van der Waals surface area contributed by atoms with Crippen LogP contribution in [0.25, 0.3) is 0 Å². The Balaban J connectivity index is 1.83. The molecule has 1 amide bonds. The molecule has 8 heteroatoms. The zero-order chi connectivity index (χ0) is 17.4. The number of morpholine rings is 1. The van der Waals surface area contributed by atoms with Gasteiger partial charge in [0.25, 0.3) is 0 Å². The van der Waals surface area contributed by atoms with Gasteiger partial charge < -0.3 is 25.0 Å². The standard InChI is InChI=1S/C16H23FN4O3/c1-18-16(21-6-7-24-14(10-21)11-23-2)19-9-15(22)20-13-5-3-4-12(17)8-13/h3-5,8,14H,6-7,9-11H2,1-2H3,(H,18,19)(H,20,22). The fraction of sp³-hybridized carbons (Fsp3) is 0.500. The van der Waals surface area contributed by atoms with Crippen molar-refractivity contribution in [2.24, 2.45) is 4.99 Å². The Hall–Kier alpha value is -2.19. The van der Waals surface area contributed by atoms with Crippen LogP contribution in [0.4, 0.5) is 10.1 Å². The fourth-order valence-corrected chi connectivity index (χ4v) is 2.46. The maximum absolute atomic E-state index is 13.1. The van der Waals surface area contributed by atoms with Crippen LogP contribution in [0.1, 0.15) is 0 Å². The van der Waals surface area contributed by atoms with Crippen molar-refractivity contribution in [1.82, 2.24) is 10.2 Å². The van der Waals surface area contributed by atoms with Gasteiger partial charge in [-0.3, -0.25) is 9.79 Å². The van der Waals surface area contributed by atoms with Gasteiger partial charge in [-0.25, -0.2) is 4.39 Å². The lowest BCUT2D eigenvalue weighted by atomic mass is 10.3. The summed E-state index contributed by atoms with van der Waals surface area (Å²) in [6, 6.07) is 5.77. The molecule has 2 rings (SSSR count). The summed E-state index contributed by atoms with van der Waals surface area (Å²) in [7, 11) is 3.29. The van der Waals surface area contributed by atoms with Crippen molar-refractivity contribution in [3.05, 3.63) is 30.1 Å². The lowest BCUT2D eigenvalue weighted by molar-refractivity contribution is -0.115. The number of rotatable bonds is 5. The fourth-order valence-electron chi connectivity index (χ4n) is 2.46. The van der Waals surface area contributed by atoms with E-state index in [1.807, 2.05) is 4.90 Å². The molecule has 24 heavy (non-hydrogen) atoms. The minimum absolute atomic E-state index is 0.0246. The topological polar surface area (TPSA) is 75.2 Å². The summed E-state index contributed by atoms with van der Waals surface area (Å²) in [5.41, 5.74) is 0.420. The molecule has 0 aliphatic carbocycles. The maximum atomic E-state index is 13.1. The first-order chi connectivity index (χ1) is 11.6. The lowest BCUT2D eigenvalue weighted by Crippen LogP contribution is -2.52. The number of carbonyl (C=O) groups excluding carboxylic acids is 1. The van der Waals surface area contributed by atoms with E-state index in [-0.39, 0.29) is 18.6 Å². The van der Waals surface area contributed by atoms with Crippen molar-refractivity contribution >= 4 is 17.6 Å². The van der Waals surface area contributed by atoms with Crippen LogP contribution in [-0.4, -0.2) is 69.9 Å². The van der Waals surface area contributed by atoms with Gasteiger partial charge in [0.1, 0.15) is 5.82 Å². The van der Waals surface area contributed by atoms with E-state index in [1.165, 1.54) is 12.1 Å². The van der Waals surface area contributed by atoms with Crippen molar-refractivity contribution < 1.29 is 18.7 Å². The Morgan fingerprint density at radius 2 is 2.38 bits per heavy atom. The van der Waals surface area contributed by atoms with E-state index < -0.39 is 5.82 Å². The normalized spacial score (nSPS) is 18.4. The highest BCUT2D eigenvalue weighted by atomic mass is 19.1. The molecule has 0 bridgehead atoms. The molecule has 1 fully saturated rings. The number of amides is 1. The molecule has 1 saturated heterocycles. The van der Waals surface area contributed by atoms with Crippen LogP contribution in [0.5, 0.6) is 0 Å². The van der Waals surface area contributed by atoms with Gasteiger partial charge in [0.15, 0.2) is 5.96 Å². The third-order valence-corrected chi connectivity index (χ3v) is 3.52. The first kappa shape index (κ1) is 18.2. The second kappa shape index (κ2) is 9.19. The first-order valence-corrected chi connectivity index (χ1v) is 7.74. The van der Waals surface area contributed by atoms with Gasteiger partial charge >= 0.3 is 0 Å². The molecule has 1 aromatic rings. The Morgan fingerprint density at radius 3 is 3.08 bits per heavy atom. The van der Waals surface area contributed by atoms with Crippen LogP contribution in [0.3, 0.4) is 0 Å². The average Bonchev–Trinajstić information content (AvgIpc) is 2.56. The number of anilines is 1. The molecule has 2 N–H and O–H groups in total. The zero-order valence-electron chi connectivity index (χ0n) is 13.9. The lowest BCUT2D eigenvalue weighted by Gasteiger charge is -2.34. The number of methoxy groups -OCH3 is 1. The molecular weight excluding hydrogens is 315 g/mol. The highest BCUT2D eigenvalue weighted by Gasteiger charge is 2.23. The molecule has 1 heterocycles. The highest BCUT2D eigenvalue weighted by Crippen LogP contribution is 2.09. The summed E-state index contributed by atoms with van der Waals surface area (Å²) in [4.78, 5) is 18.2. The predicted octanol–water partition coefficient (Wildman–Crippen LogP) is 0.687. The van der Waals surface area contributed by atoms with E-state index >= 15 is 0 Å². The van der Waals surface area contributed by atoms with Gasteiger partial charge in [0, 0.05) is 32.9 Å². The van der Waals surface area contributed by atoms with E-state index in [9.17, 15) is 9.18 Å². The summed E-state index contributed by atoms with van der Waals surface area (Å²) in [5.74, 6) is -0.0497. The monoisotopic (exact) mass is 338 g/mol. The number of guanidine groups is 1. The van der Waals surface area contributed by atoms with Crippen LogP contribution < -0.4 is 10.6 Å². The van der Waals surface area contributed by atoms with Gasteiger partial charge in [-0.15, -0.1) is 0 Å². The first-order valence-electron chi connectivity index (χ1n) is 7.74. The minimum atomic E-state index is -0.394. The number of nitrogens with one attached hydrogen (secondary N) is 2. The van der Waals surface area contributed by atoms with Crippen molar-refractivity contribution in [1.29, 1.82) is 0 Å². The van der Waals surface area contributed by atoms with E-state index in [4.69, 9.17) is 9.47 Å². The Morgan fingerprint density at radius 1 is 1.54 bits per heavy atom. The molecule has 1 atom stereocenters. The van der Waals surface area contributed by atoms with E-state index in [2.05, 4.69) is 15.6 Å². The summed E-state index contributed by atoms with van der Waals surface area (Å²) >= 11 is 0. The van der Waals surface area contributed by atoms with Crippen molar-refractivity contribution in [3.63, 3.8) is 0 Å². The van der Waals surface area contributed by atoms with E-state index in [0.717, 1.165) is 0 Å². The summed E-state index contributed by atoms with van der Waals surface area (Å²) in [6.07, 6.45) is -0.0246. The summed E-state index contributed by atoms with van der Waals surface area (Å²) in [5, 5.41) is 5.64. The summed E-state index contributed by atoms with van der Waals surface area (Å²) < 4.78 is 23.8. The van der Waals surface area contributed by atoms with Crippen molar-refractivity contribution in [2.75, 3.05) is 52.3 Å². The molecule has 0 radical (unpaired) electrons. The number of halogens is 1. The number of nitrogens with zero attached hydrogens (tertiary/aromatic N) is 2. The second-order valence-corrected chi connectivity index (χ2v) is 5.35. The van der Waals surface area contributed by atoms with Crippen LogP contribution in [-0.2, 0) is 14.3 Å². The number of carbonyl (C=O) groups is 1. The molecule has 0 spiro atoms. The highest BCUT2D eigenvalue weighted by molar-refractivity contribution is 5.95. The van der Waals surface area contributed by atoms with Crippen molar-refractivity contribution in [3.8, 4) is 0 Å². The number of aliphatic imine (C=N–C) groups is 1. The molecule has 0 saturated carbocycles. The minimum Gasteiger partial charge on any atom is -0.382 e. The Bertz CT molecular complexity index is 580. The van der Waals surface area contributed by atoms with Gasteiger partial charge in [-0.1, -0.05) is 6.07 Å². The molecule has 132 valence electrons. The van der Waals surface area contributed by atoms with Crippen molar-refractivity contribution in [2.45, 2.75) is 6.10 Å². The SMILES string of the molecule is CN=C(NCC(=O)Nc1cccc(F)c1)N1CCOC(COC)C1. The molecular formula is C16H23FN4O3.